The number of imidazole rings is 1. The van der Waals surface area contributed by atoms with Gasteiger partial charge >= 0.3 is 0 Å². The van der Waals surface area contributed by atoms with Crippen LogP contribution >= 0.6 is 0 Å². The van der Waals surface area contributed by atoms with Gasteiger partial charge in [-0.25, -0.2) is 9.97 Å². The van der Waals surface area contributed by atoms with Crippen LogP contribution in [0.3, 0.4) is 0 Å². The van der Waals surface area contributed by atoms with Crippen LogP contribution in [0.1, 0.15) is 41.9 Å². The Morgan fingerprint density at radius 1 is 1.00 bits per heavy atom. The van der Waals surface area contributed by atoms with Crippen molar-refractivity contribution < 1.29 is 4.21 Å². The van der Waals surface area contributed by atoms with Gasteiger partial charge in [0.2, 0.25) is 5.95 Å². The molecule has 2 aliphatic carbocycles. The van der Waals surface area contributed by atoms with Crippen molar-refractivity contribution in [2.75, 3.05) is 47.0 Å². The third kappa shape index (κ3) is 3.17. The van der Waals surface area contributed by atoms with Crippen molar-refractivity contribution in [2.24, 2.45) is 11.8 Å². The lowest BCUT2D eigenvalue weighted by Gasteiger charge is -2.41. The Kier molecular flexibility index (Phi) is 4.57. The van der Waals surface area contributed by atoms with E-state index in [1.807, 2.05) is 6.20 Å². The van der Waals surface area contributed by atoms with Crippen LogP contribution in [0.15, 0.2) is 35.5 Å². The number of fused-ring (bicyclic) bond motifs is 3. The normalized spacial score (nSPS) is 27.3. The van der Waals surface area contributed by atoms with E-state index < -0.39 is 10.8 Å². The Hall–Kier alpha value is -2.94. The highest BCUT2D eigenvalue weighted by molar-refractivity contribution is 7.85. The molecule has 2 saturated heterocycles. The molecular weight excluding hydrogens is 470 g/mol. The molecule has 8 nitrogen and oxygen atoms in total. The topological polar surface area (TPSA) is 90.0 Å². The SMILES string of the molecule is O=[S@@]1CCc2nc(N3CC4CN(c5ccc6c(c5)CC6)CC4C3)nc(NC3(c4ncc[nH]4)CCC3)c21. The zero-order chi connectivity index (χ0) is 23.9. The largest absolute Gasteiger partial charge is 0.371 e. The zero-order valence-corrected chi connectivity index (χ0v) is 21.2. The van der Waals surface area contributed by atoms with E-state index in [1.54, 1.807) is 6.20 Å². The third-order valence-electron chi connectivity index (χ3n) is 9.18. The highest BCUT2D eigenvalue weighted by atomic mass is 32.2. The van der Waals surface area contributed by atoms with E-state index >= 15 is 0 Å². The molecule has 0 bridgehead atoms. The predicted octanol–water partition coefficient (Wildman–Crippen LogP) is 3.03. The number of nitrogens with one attached hydrogen (secondary N) is 2. The number of H-pyrrole nitrogens is 1. The molecule has 3 aromatic rings. The molecule has 9 heteroatoms. The van der Waals surface area contributed by atoms with Gasteiger partial charge in [0.05, 0.1) is 22.0 Å². The van der Waals surface area contributed by atoms with Gasteiger partial charge in [-0.1, -0.05) is 6.07 Å². The lowest BCUT2D eigenvalue weighted by molar-refractivity contribution is 0.268. The van der Waals surface area contributed by atoms with Crippen LogP contribution < -0.4 is 15.1 Å². The van der Waals surface area contributed by atoms with Crippen molar-refractivity contribution in [3.63, 3.8) is 0 Å². The van der Waals surface area contributed by atoms with Gasteiger partial charge in [-0.05, 0) is 55.4 Å². The van der Waals surface area contributed by atoms with Crippen molar-refractivity contribution in [1.29, 1.82) is 0 Å². The molecule has 3 fully saturated rings. The third-order valence-corrected chi connectivity index (χ3v) is 10.6. The summed E-state index contributed by atoms with van der Waals surface area (Å²) in [6, 6.07) is 7.05. The van der Waals surface area contributed by atoms with Crippen molar-refractivity contribution in [1.82, 2.24) is 19.9 Å². The van der Waals surface area contributed by atoms with Crippen LogP contribution in [-0.2, 0) is 35.6 Å². The summed E-state index contributed by atoms with van der Waals surface area (Å²) in [5.41, 5.74) is 5.15. The van der Waals surface area contributed by atoms with Gasteiger partial charge in [0.25, 0.3) is 0 Å². The Balaban J connectivity index is 1.05. The van der Waals surface area contributed by atoms with Gasteiger partial charge in [-0.15, -0.1) is 0 Å². The van der Waals surface area contributed by atoms with Gasteiger partial charge in [-0.2, -0.15) is 4.98 Å². The Morgan fingerprint density at radius 3 is 2.47 bits per heavy atom. The Bertz CT molecular complexity index is 1350. The molecule has 0 radical (unpaired) electrons. The van der Waals surface area contributed by atoms with Gasteiger partial charge in [0, 0.05) is 68.3 Å². The fourth-order valence-electron chi connectivity index (χ4n) is 6.86. The summed E-state index contributed by atoms with van der Waals surface area (Å²) in [4.78, 5) is 23.6. The molecule has 2 aromatic heterocycles. The smallest absolute Gasteiger partial charge is 0.227 e. The van der Waals surface area contributed by atoms with E-state index in [1.165, 1.54) is 29.7 Å². The fraction of sp³-hybridized carbons (Fsp3) is 0.519. The van der Waals surface area contributed by atoms with E-state index in [-0.39, 0.29) is 5.54 Å². The summed E-state index contributed by atoms with van der Waals surface area (Å²) in [6.07, 6.45) is 10.0. The summed E-state index contributed by atoms with van der Waals surface area (Å²) in [6.45, 7) is 4.16. The quantitative estimate of drug-likeness (QED) is 0.555. The van der Waals surface area contributed by atoms with Gasteiger partial charge < -0.3 is 20.1 Å². The number of rotatable bonds is 5. The maximum atomic E-state index is 12.9. The average molecular weight is 502 g/mol. The summed E-state index contributed by atoms with van der Waals surface area (Å²) < 4.78 is 12.9. The summed E-state index contributed by atoms with van der Waals surface area (Å²) >= 11 is 0. The van der Waals surface area contributed by atoms with Crippen LogP contribution in [0.25, 0.3) is 0 Å². The minimum absolute atomic E-state index is 0.255. The van der Waals surface area contributed by atoms with Crippen molar-refractivity contribution in [2.45, 2.75) is 49.0 Å². The maximum Gasteiger partial charge on any atom is 0.227 e. The minimum Gasteiger partial charge on any atom is -0.371 e. The van der Waals surface area contributed by atoms with Crippen molar-refractivity contribution in [3.05, 3.63) is 53.2 Å². The second-order valence-electron chi connectivity index (χ2n) is 11.2. The summed E-state index contributed by atoms with van der Waals surface area (Å²) in [7, 11) is -1.05. The molecule has 2 N–H and O–H groups in total. The Labute approximate surface area is 213 Å². The molecule has 3 atom stereocenters. The number of hydrogen-bond acceptors (Lipinski definition) is 7. The number of hydrogen-bond donors (Lipinski definition) is 2. The second-order valence-corrected chi connectivity index (χ2v) is 12.7. The number of aromatic nitrogens is 4. The zero-order valence-electron chi connectivity index (χ0n) is 20.4. The first-order chi connectivity index (χ1) is 17.6. The molecule has 1 aromatic carbocycles. The lowest BCUT2D eigenvalue weighted by atomic mass is 9.76. The molecule has 0 spiro atoms. The van der Waals surface area contributed by atoms with Crippen LogP contribution in [0, 0.1) is 11.8 Å². The first kappa shape index (κ1) is 21.2. The molecule has 1 saturated carbocycles. The number of nitrogens with zero attached hydrogens (tertiary/aromatic N) is 5. The summed E-state index contributed by atoms with van der Waals surface area (Å²) in [5, 5.41) is 3.71. The number of aromatic amines is 1. The number of aryl methyl sites for hydroxylation is 3. The Morgan fingerprint density at radius 2 is 1.81 bits per heavy atom. The van der Waals surface area contributed by atoms with Crippen LogP contribution in [-0.4, -0.2) is 56.1 Å². The molecule has 5 aliphatic rings. The van der Waals surface area contributed by atoms with E-state index in [9.17, 15) is 4.21 Å². The predicted molar refractivity (Wildman–Crippen MR) is 140 cm³/mol. The molecule has 0 amide bonds. The van der Waals surface area contributed by atoms with Crippen molar-refractivity contribution >= 4 is 28.3 Å². The van der Waals surface area contributed by atoms with Crippen LogP contribution in [0.2, 0.25) is 0 Å². The second kappa shape index (κ2) is 7.78. The standard InChI is InChI=1S/C27H31N7OS/c35-36-11-6-22-23(36)24(32-27(7-1-8-27)25-28-9-10-29-25)31-26(30-22)34-15-19-13-33(14-20(19)16-34)21-5-4-17-2-3-18(17)12-21/h4-5,9-10,12,19-20H,1-3,6-8,11,13-16H2,(H,28,29)(H,30,31,32)/t19?,20?,36-/m1/s1. The lowest BCUT2D eigenvalue weighted by Crippen LogP contribution is -2.43. The molecular formula is C27H31N7OS. The van der Waals surface area contributed by atoms with Gasteiger partial charge in [0.15, 0.2) is 0 Å². The van der Waals surface area contributed by atoms with E-state index in [2.05, 4.69) is 43.3 Å². The summed E-state index contributed by atoms with van der Waals surface area (Å²) in [5.74, 6) is 4.38. The molecule has 186 valence electrons. The molecule has 8 rings (SSSR count). The fourth-order valence-corrected chi connectivity index (χ4v) is 8.17. The van der Waals surface area contributed by atoms with Gasteiger partial charge in [-0.3, -0.25) is 4.21 Å². The first-order valence-electron chi connectivity index (χ1n) is 13.3. The highest BCUT2D eigenvalue weighted by Gasteiger charge is 2.44. The minimum atomic E-state index is -1.05. The highest BCUT2D eigenvalue weighted by Crippen LogP contribution is 2.45. The van der Waals surface area contributed by atoms with E-state index in [0.717, 1.165) is 80.0 Å². The molecule has 2 unspecified atom stereocenters. The molecule has 36 heavy (non-hydrogen) atoms. The average Bonchev–Trinajstić information content (AvgIpc) is 3.61. The van der Waals surface area contributed by atoms with Crippen LogP contribution in [0.5, 0.6) is 0 Å². The van der Waals surface area contributed by atoms with Crippen LogP contribution in [0.4, 0.5) is 17.5 Å². The van der Waals surface area contributed by atoms with E-state index in [0.29, 0.717) is 17.6 Å². The number of benzene rings is 1. The first-order valence-corrected chi connectivity index (χ1v) is 14.7. The number of anilines is 3. The van der Waals surface area contributed by atoms with Crippen molar-refractivity contribution in [3.8, 4) is 0 Å². The maximum absolute atomic E-state index is 12.9. The molecule has 3 aliphatic heterocycles. The monoisotopic (exact) mass is 501 g/mol. The van der Waals surface area contributed by atoms with Gasteiger partial charge in [0.1, 0.15) is 16.5 Å². The van der Waals surface area contributed by atoms with E-state index in [4.69, 9.17) is 9.97 Å². The molecule has 5 heterocycles.